The Morgan fingerprint density at radius 3 is 2.34 bits per heavy atom. The number of ketones is 1. The number of rotatable bonds is 5. The van der Waals surface area contributed by atoms with E-state index in [1.54, 1.807) is 53.6 Å². The molecule has 0 saturated carbocycles. The van der Waals surface area contributed by atoms with Crippen LogP contribution in [0.1, 0.15) is 33.7 Å². The summed E-state index contributed by atoms with van der Waals surface area (Å²) in [6.07, 6.45) is 3.20. The second kappa shape index (κ2) is 8.69. The molecule has 0 aliphatic carbocycles. The van der Waals surface area contributed by atoms with Crippen LogP contribution < -0.4 is 4.74 Å². The van der Waals surface area contributed by atoms with Gasteiger partial charge in [0.15, 0.2) is 5.78 Å². The molecule has 5 heteroatoms. The van der Waals surface area contributed by atoms with E-state index in [4.69, 9.17) is 4.74 Å². The predicted molar refractivity (Wildman–Crippen MR) is 110 cm³/mol. The fourth-order valence-corrected chi connectivity index (χ4v) is 3.57. The van der Waals surface area contributed by atoms with Crippen LogP contribution in [-0.4, -0.2) is 34.7 Å². The van der Waals surface area contributed by atoms with E-state index in [1.807, 2.05) is 30.3 Å². The maximum Gasteiger partial charge on any atom is 0.272 e. The van der Waals surface area contributed by atoms with Gasteiger partial charge in [-0.05, 0) is 61.4 Å². The van der Waals surface area contributed by atoms with Crippen LogP contribution in [0.4, 0.5) is 0 Å². The summed E-state index contributed by atoms with van der Waals surface area (Å²) in [5, 5.41) is 0. The van der Waals surface area contributed by atoms with Crippen LogP contribution >= 0.6 is 0 Å². The van der Waals surface area contributed by atoms with Gasteiger partial charge in [0, 0.05) is 30.8 Å². The van der Waals surface area contributed by atoms with Crippen molar-refractivity contribution in [2.75, 3.05) is 13.1 Å². The van der Waals surface area contributed by atoms with Crippen LogP contribution in [0.3, 0.4) is 0 Å². The zero-order chi connectivity index (χ0) is 20.1. The molecule has 0 unspecified atom stereocenters. The van der Waals surface area contributed by atoms with Crippen LogP contribution in [0.2, 0.25) is 0 Å². The number of carbonyl (C=O) groups is 2. The van der Waals surface area contributed by atoms with E-state index in [1.165, 1.54) is 0 Å². The standard InChI is InChI=1S/C24H22N2O3/c27-23(18-11-13-21(14-12-18)29-20-8-2-1-3-9-20)19-7-6-16-26(17-19)24(28)22-10-4-5-15-25-22/h1-5,8-15,19H,6-7,16-17H2/t19-/m0/s1. The van der Waals surface area contributed by atoms with Crippen LogP contribution in [0.5, 0.6) is 11.5 Å². The van der Waals surface area contributed by atoms with Crippen molar-refractivity contribution in [3.63, 3.8) is 0 Å². The Kier molecular flexibility index (Phi) is 5.66. The molecule has 1 aliphatic rings. The summed E-state index contributed by atoms with van der Waals surface area (Å²) in [6, 6.07) is 22.0. The summed E-state index contributed by atoms with van der Waals surface area (Å²) in [7, 11) is 0. The molecule has 0 bridgehead atoms. The first kappa shape index (κ1) is 18.9. The molecule has 1 atom stereocenters. The van der Waals surface area contributed by atoms with Gasteiger partial charge in [-0.2, -0.15) is 0 Å². The van der Waals surface area contributed by atoms with E-state index in [2.05, 4.69) is 4.98 Å². The zero-order valence-electron chi connectivity index (χ0n) is 16.0. The largest absolute Gasteiger partial charge is 0.457 e. The third-order valence-electron chi connectivity index (χ3n) is 5.08. The molecule has 1 aliphatic heterocycles. The first-order valence-electron chi connectivity index (χ1n) is 9.78. The summed E-state index contributed by atoms with van der Waals surface area (Å²) < 4.78 is 5.78. The van der Waals surface area contributed by atoms with Gasteiger partial charge in [0.2, 0.25) is 0 Å². The molecule has 0 N–H and O–H groups in total. The van der Waals surface area contributed by atoms with Crippen molar-refractivity contribution >= 4 is 11.7 Å². The molecule has 1 aromatic heterocycles. The minimum Gasteiger partial charge on any atom is -0.457 e. The van der Waals surface area contributed by atoms with Gasteiger partial charge in [-0.25, -0.2) is 0 Å². The Hall–Kier alpha value is -3.47. The van der Waals surface area contributed by atoms with Gasteiger partial charge in [0.25, 0.3) is 5.91 Å². The van der Waals surface area contributed by atoms with Gasteiger partial charge < -0.3 is 9.64 Å². The average molecular weight is 386 g/mol. The number of aromatic nitrogens is 1. The zero-order valence-corrected chi connectivity index (χ0v) is 16.0. The van der Waals surface area contributed by atoms with E-state index < -0.39 is 0 Å². The lowest BCUT2D eigenvalue weighted by Crippen LogP contribution is -2.42. The highest BCUT2D eigenvalue weighted by Gasteiger charge is 2.29. The lowest BCUT2D eigenvalue weighted by molar-refractivity contribution is 0.0632. The molecule has 1 fully saturated rings. The fraction of sp³-hybridized carbons (Fsp3) is 0.208. The van der Waals surface area contributed by atoms with E-state index in [0.29, 0.717) is 30.1 Å². The van der Waals surface area contributed by atoms with Crippen molar-refractivity contribution < 1.29 is 14.3 Å². The summed E-state index contributed by atoms with van der Waals surface area (Å²) in [4.78, 5) is 31.5. The number of amides is 1. The lowest BCUT2D eigenvalue weighted by atomic mass is 9.90. The average Bonchev–Trinajstić information content (AvgIpc) is 2.80. The molecular weight excluding hydrogens is 364 g/mol. The third kappa shape index (κ3) is 4.51. The van der Waals surface area contributed by atoms with Crippen molar-refractivity contribution in [2.24, 2.45) is 5.92 Å². The first-order valence-corrected chi connectivity index (χ1v) is 9.78. The molecule has 3 aromatic rings. The van der Waals surface area contributed by atoms with Crippen molar-refractivity contribution in [3.8, 4) is 11.5 Å². The Morgan fingerprint density at radius 2 is 1.62 bits per heavy atom. The van der Waals surface area contributed by atoms with Crippen molar-refractivity contribution in [2.45, 2.75) is 12.8 Å². The summed E-state index contributed by atoms with van der Waals surface area (Å²) in [6.45, 7) is 1.08. The highest BCUT2D eigenvalue weighted by molar-refractivity contribution is 5.99. The van der Waals surface area contributed by atoms with Crippen molar-refractivity contribution in [3.05, 3.63) is 90.3 Å². The number of nitrogens with zero attached hydrogens (tertiary/aromatic N) is 2. The number of carbonyl (C=O) groups excluding carboxylic acids is 2. The number of para-hydroxylation sites is 1. The molecule has 1 saturated heterocycles. The maximum atomic E-state index is 13.0. The Bertz CT molecular complexity index is 972. The molecule has 4 rings (SSSR count). The summed E-state index contributed by atoms with van der Waals surface area (Å²) >= 11 is 0. The van der Waals surface area contributed by atoms with Gasteiger partial charge in [-0.3, -0.25) is 14.6 Å². The molecule has 2 aromatic carbocycles. The minimum atomic E-state index is -0.197. The van der Waals surface area contributed by atoms with Gasteiger partial charge in [0.1, 0.15) is 17.2 Å². The van der Waals surface area contributed by atoms with Crippen molar-refractivity contribution in [1.29, 1.82) is 0 Å². The molecule has 0 spiro atoms. The van der Waals surface area contributed by atoms with Crippen LogP contribution in [0.15, 0.2) is 79.0 Å². The Labute approximate surface area is 170 Å². The number of hydrogen-bond donors (Lipinski definition) is 0. The lowest BCUT2D eigenvalue weighted by Gasteiger charge is -2.31. The normalized spacial score (nSPS) is 16.3. The summed E-state index contributed by atoms with van der Waals surface area (Å²) in [5.74, 6) is 1.19. The molecule has 29 heavy (non-hydrogen) atoms. The van der Waals surface area contributed by atoms with Crippen LogP contribution in [0, 0.1) is 5.92 Å². The van der Waals surface area contributed by atoms with Gasteiger partial charge in [-0.15, -0.1) is 0 Å². The van der Waals surface area contributed by atoms with E-state index in [-0.39, 0.29) is 17.6 Å². The molecule has 146 valence electrons. The van der Waals surface area contributed by atoms with Crippen LogP contribution in [0.25, 0.3) is 0 Å². The minimum absolute atomic E-state index is 0.0646. The topological polar surface area (TPSA) is 59.5 Å². The van der Waals surface area contributed by atoms with Gasteiger partial charge >= 0.3 is 0 Å². The highest BCUT2D eigenvalue weighted by atomic mass is 16.5. The molecule has 5 nitrogen and oxygen atoms in total. The molecular formula is C24H22N2O3. The molecule has 2 heterocycles. The van der Waals surface area contributed by atoms with Crippen molar-refractivity contribution in [1.82, 2.24) is 9.88 Å². The molecule has 0 radical (unpaired) electrons. The predicted octanol–water partition coefficient (Wildman–Crippen LogP) is 4.61. The number of likely N-dealkylation sites (tertiary alicyclic amines) is 1. The second-order valence-corrected chi connectivity index (χ2v) is 7.11. The number of hydrogen-bond acceptors (Lipinski definition) is 4. The quantitative estimate of drug-likeness (QED) is 0.601. The van der Waals surface area contributed by atoms with E-state index in [0.717, 1.165) is 18.6 Å². The Morgan fingerprint density at radius 1 is 0.897 bits per heavy atom. The van der Waals surface area contributed by atoms with E-state index in [9.17, 15) is 9.59 Å². The van der Waals surface area contributed by atoms with E-state index >= 15 is 0 Å². The Balaban J connectivity index is 1.41. The van der Waals surface area contributed by atoms with Gasteiger partial charge in [0.05, 0.1) is 0 Å². The second-order valence-electron chi connectivity index (χ2n) is 7.11. The molecule has 1 amide bonds. The maximum absolute atomic E-state index is 13.0. The number of pyridine rings is 1. The monoisotopic (exact) mass is 386 g/mol. The summed E-state index contributed by atoms with van der Waals surface area (Å²) in [5.41, 5.74) is 1.06. The number of Topliss-reactive ketones (excluding diaryl/α,β-unsaturated/α-hetero) is 1. The van der Waals surface area contributed by atoms with Crippen LogP contribution in [-0.2, 0) is 0 Å². The smallest absolute Gasteiger partial charge is 0.272 e. The first-order chi connectivity index (χ1) is 14.2. The number of piperidine rings is 1. The SMILES string of the molecule is O=C(c1ccc(Oc2ccccc2)cc1)[C@H]1CCCN(C(=O)c2ccccn2)C1. The van der Waals surface area contributed by atoms with Gasteiger partial charge in [-0.1, -0.05) is 24.3 Å². The highest BCUT2D eigenvalue weighted by Crippen LogP contribution is 2.25. The third-order valence-corrected chi connectivity index (χ3v) is 5.08. The fourth-order valence-electron chi connectivity index (χ4n) is 3.57. The number of ether oxygens (including phenoxy) is 1. The number of benzene rings is 2.